The first-order valence-electron chi connectivity index (χ1n) is 7.01. The van der Waals surface area contributed by atoms with E-state index < -0.39 is 0 Å². The minimum absolute atomic E-state index is 0.533. The molecule has 2 N–H and O–H groups in total. The molecule has 94 valence electrons. The van der Waals surface area contributed by atoms with Crippen molar-refractivity contribution in [3.05, 3.63) is 0 Å². The van der Waals surface area contributed by atoms with Gasteiger partial charge in [-0.05, 0) is 64.6 Å². The predicted octanol–water partition coefficient (Wildman–Crippen LogP) is 1.68. The van der Waals surface area contributed by atoms with Crippen molar-refractivity contribution in [2.75, 3.05) is 26.2 Å². The molecule has 1 aliphatic heterocycles. The van der Waals surface area contributed by atoms with Gasteiger partial charge >= 0.3 is 0 Å². The minimum atomic E-state index is 0.533. The van der Waals surface area contributed by atoms with Crippen LogP contribution in [0.5, 0.6) is 0 Å². The summed E-state index contributed by atoms with van der Waals surface area (Å²) >= 11 is 0. The molecule has 2 fully saturated rings. The van der Waals surface area contributed by atoms with Gasteiger partial charge in [-0.25, -0.2) is 0 Å². The smallest absolute Gasteiger partial charge is 0.0587 e. The van der Waals surface area contributed by atoms with Gasteiger partial charge in [0, 0.05) is 12.6 Å². The Balaban J connectivity index is 1.33. The van der Waals surface area contributed by atoms with Gasteiger partial charge in [0.25, 0.3) is 0 Å². The lowest BCUT2D eigenvalue weighted by molar-refractivity contribution is 0.0116. The highest BCUT2D eigenvalue weighted by Gasteiger charge is 2.19. The van der Waals surface area contributed by atoms with Gasteiger partial charge in [-0.2, -0.15) is 0 Å². The number of rotatable bonds is 8. The maximum Gasteiger partial charge on any atom is 0.0587 e. The van der Waals surface area contributed by atoms with E-state index in [2.05, 4.69) is 10.6 Å². The summed E-state index contributed by atoms with van der Waals surface area (Å²) < 4.78 is 5.69. The zero-order chi connectivity index (χ0) is 11.1. The van der Waals surface area contributed by atoms with Crippen LogP contribution in [0.2, 0.25) is 0 Å². The van der Waals surface area contributed by atoms with Crippen molar-refractivity contribution in [2.45, 2.75) is 57.1 Å². The van der Waals surface area contributed by atoms with Crippen LogP contribution in [0.3, 0.4) is 0 Å². The predicted molar refractivity (Wildman–Crippen MR) is 66.7 cm³/mol. The SMILES string of the molecule is C(CNCCC1CCCCO1)CNC1CC1. The van der Waals surface area contributed by atoms with Crippen molar-refractivity contribution in [1.29, 1.82) is 0 Å². The average molecular weight is 226 g/mol. The minimum Gasteiger partial charge on any atom is -0.378 e. The van der Waals surface area contributed by atoms with Crippen molar-refractivity contribution in [3.8, 4) is 0 Å². The van der Waals surface area contributed by atoms with E-state index in [-0.39, 0.29) is 0 Å². The number of ether oxygens (including phenoxy) is 1. The molecule has 2 rings (SSSR count). The molecule has 1 unspecified atom stereocenters. The molecule has 3 heteroatoms. The van der Waals surface area contributed by atoms with Gasteiger partial charge < -0.3 is 15.4 Å². The van der Waals surface area contributed by atoms with Crippen molar-refractivity contribution in [1.82, 2.24) is 10.6 Å². The molecule has 0 radical (unpaired) electrons. The first kappa shape index (κ1) is 12.3. The Labute approximate surface area is 99.3 Å². The van der Waals surface area contributed by atoms with Gasteiger partial charge in [0.05, 0.1) is 6.10 Å². The molecule has 2 aliphatic rings. The van der Waals surface area contributed by atoms with Crippen LogP contribution in [-0.2, 0) is 4.74 Å². The van der Waals surface area contributed by atoms with Crippen LogP contribution in [0, 0.1) is 0 Å². The van der Waals surface area contributed by atoms with Crippen molar-refractivity contribution in [3.63, 3.8) is 0 Å². The molecule has 0 aromatic heterocycles. The lowest BCUT2D eigenvalue weighted by Crippen LogP contribution is -2.27. The van der Waals surface area contributed by atoms with Crippen LogP contribution in [0.25, 0.3) is 0 Å². The van der Waals surface area contributed by atoms with E-state index in [0.29, 0.717) is 6.10 Å². The molecule has 1 aliphatic carbocycles. The first-order valence-corrected chi connectivity index (χ1v) is 7.01. The monoisotopic (exact) mass is 226 g/mol. The summed E-state index contributed by atoms with van der Waals surface area (Å²) in [5.74, 6) is 0. The summed E-state index contributed by atoms with van der Waals surface area (Å²) in [6, 6.07) is 0.857. The maximum atomic E-state index is 5.69. The highest BCUT2D eigenvalue weighted by Crippen LogP contribution is 2.18. The van der Waals surface area contributed by atoms with Gasteiger partial charge in [0.2, 0.25) is 0 Å². The van der Waals surface area contributed by atoms with Gasteiger partial charge in [0.15, 0.2) is 0 Å². The number of hydrogen-bond donors (Lipinski definition) is 2. The fourth-order valence-electron chi connectivity index (χ4n) is 2.23. The largest absolute Gasteiger partial charge is 0.378 e. The quantitative estimate of drug-likeness (QED) is 0.618. The third kappa shape index (κ3) is 5.28. The van der Waals surface area contributed by atoms with E-state index in [4.69, 9.17) is 4.74 Å². The lowest BCUT2D eigenvalue weighted by atomic mass is 10.1. The van der Waals surface area contributed by atoms with E-state index in [9.17, 15) is 0 Å². The fraction of sp³-hybridized carbons (Fsp3) is 1.00. The highest BCUT2D eigenvalue weighted by molar-refractivity contribution is 4.80. The molecule has 0 aromatic carbocycles. The van der Waals surface area contributed by atoms with Gasteiger partial charge in [0.1, 0.15) is 0 Å². The third-order valence-electron chi connectivity index (χ3n) is 3.46. The van der Waals surface area contributed by atoms with Crippen LogP contribution >= 0.6 is 0 Å². The van der Waals surface area contributed by atoms with Crippen molar-refractivity contribution in [2.24, 2.45) is 0 Å². The van der Waals surface area contributed by atoms with Crippen molar-refractivity contribution < 1.29 is 4.74 Å². The molecule has 16 heavy (non-hydrogen) atoms. The second-order valence-corrected chi connectivity index (χ2v) is 5.11. The van der Waals surface area contributed by atoms with Crippen LogP contribution < -0.4 is 10.6 Å². The summed E-state index contributed by atoms with van der Waals surface area (Å²) in [5.41, 5.74) is 0. The van der Waals surface area contributed by atoms with E-state index >= 15 is 0 Å². The average Bonchev–Trinajstić information content (AvgIpc) is 3.13. The highest BCUT2D eigenvalue weighted by atomic mass is 16.5. The molecule has 1 saturated heterocycles. The second kappa shape index (κ2) is 7.25. The Morgan fingerprint density at radius 1 is 1.00 bits per heavy atom. The van der Waals surface area contributed by atoms with E-state index in [1.54, 1.807) is 0 Å². The maximum absolute atomic E-state index is 5.69. The molecule has 1 heterocycles. The zero-order valence-corrected chi connectivity index (χ0v) is 10.3. The standard InChI is InChI=1S/C13H26N2O/c1-2-11-16-13(4-1)7-10-14-8-3-9-15-12-5-6-12/h12-15H,1-11H2. The van der Waals surface area contributed by atoms with Crippen LogP contribution in [0.15, 0.2) is 0 Å². The summed E-state index contributed by atoms with van der Waals surface area (Å²) in [6.07, 6.45) is 9.65. The Morgan fingerprint density at radius 3 is 2.69 bits per heavy atom. The topological polar surface area (TPSA) is 33.3 Å². The van der Waals surface area contributed by atoms with Gasteiger partial charge in [-0.15, -0.1) is 0 Å². The van der Waals surface area contributed by atoms with Crippen LogP contribution in [0.4, 0.5) is 0 Å². The fourth-order valence-corrected chi connectivity index (χ4v) is 2.23. The Morgan fingerprint density at radius 2 is 1.94 bits per heavy atom. The first-order chi connectivity index (χ1) is 7.95. The molecule has 0 aromatic rings. The summed E-state index contributed by atoms with van der Waals surface area (Å²) in [4.78, 5) is 0. The molecule has 3 nitrogen and oxygen atoms in total. The summed E-state index contributed by atoms with van der Waals surface area (Å²) in [7, 11) is 0. The Bertz CT molecular complexity index is 177. The Kier molecular flexibility index (Phi) is 5.59. The number of hydrogen-bond acceptors (Lipinski definition) is 3. The second-order valence-electron chi connectivity index (χ2n) is 5.11. The molecule has 0 amide bonds. The molecule has 1 saturated carbocycles. The molecular formula is C13H26N2O. The molecular weight excluding hydrogens is 200 g/mol. The zero-order valence-electron chi connectivity index (χ0n) is 10.3. The normalized spacial score (nSPS) is 25.9. The third-order valence-corrected chi connectivity index (χ3v) is 3.46. The molecule has 1 atom stereocenters. The lowest BCUT2D eigenvalue weighted by Gasteiger charge is -2.22. The summed E-state index contributed by atoms with van der Waals surface area (Å²) in [6.45, 7) is 4.42. The van der Waals surface area contributed by atoms with Crippen LogP contribution in [0.1, 0.15) is 44.9 Å². The van der Waals surface area contributed by atoms with E-state index in [1.165, 1.54) is 51.5 Å². The summed E-state index contributed by atoms with van der Waals surface area (Å²) in [5, 5.41) is 7.04. The van der Waals surface area contributed by atoms with Gasteiger partial charge in [-0.3, -0.25) is 0 Å². The van der Waals surface area contributed by atoms with Gasteiger partial charge in [-0.1, -0.05) is 0 Å². The van der Waals surface area contributed by atoms with E-state index in [0.717, 1.165) is 25.7 Å². The Hall–Kier alpha value is -0.120. The van der Waals surface area contributed by atoms with Crippen LogP contribution in [-0.4, -0.2) is 38.4 Å². The van der Waals surface area contributed by atoms with Crippen molar-refractivity contribution >= 4 is 0 Å². The molecule has 0 spiro atoms. The molecule has 0 bridgehead atoms. The van der Waals surface area contributed by atoms with E-state index in [1.807, 2.05) is 0 Å². The number of nitrogens with one attached hydrogen (secondary N) is 2.